The Morgan fingerprint density at radius 3 is 2.17 bits per heavy atom. The van der Waals surface area contributed by atoms with E-state index in [1.165, 1.54) is 0 Å². The maximum Gasteiger partial charge on any atom is 0.363 e. The third-order valence-corrected chi connectivity index (χ3v) is 7.78. The molecule has 2 rings (SSSR count). The van der Waals surface area contributed by atoms with Gasteiger partial charge in [0, 0.05) is 19.5 Å². The normalized spacial score (nSPS) is 24.4. The molecule has 0 amide bonds. The zero-order valence-electron chi connectivity index (χ0n) is 9.64. The van der Waals surface area contributed by atoms with Crippen LogP contribution in [-0.2, 0) is 9.13 Å². The fourth-order valence-corrected chi connectivity index (χ4v) is 5.96. The standard InChI is InChI=1S/C8H16N2O6P2/c11-17(12,13)8(18(14,15)16)4-2-6-10(8)7-3-1-5-9-7/h1-6H2,(H2,11,12,13)(H2,14,15,16). The van der Waals surface area contributed by atoms with Crippen molar-refractivity contribution in [1.29, 1.82) is 0 Å². The summed E-state index contributed by atoms with van der Waals surface area (Å²) in [5, 5.41) is -2.41. The molecular formula is C8H16N2O6P2. The van der Waals surface area contributed by atoms with Crippen LogP contribution in [0, 0.1) is 0 Å². The summed E-state index contributed by atoms with van der Waals surface area (Å²) in [6.45, 7) is 0.749. The molecule has 0 spiro atoms. The molecule has 4 N–H and O–H groups in total. The lowest BCUT2D eigenvalue weighted by molar-refractivity contribution is 0.251. The first-order valence-corrected chi connectivity index (χ1v) is 8.85. The topological polar surface area (TPSA) is 131 Å². The molecule has 0 aromatic heterocycles. The predicted molar refractivity (Wildman–Crippen MR) is 64.3 cm³/mol. The van der Waals surface area contributed by atoms with Gasteiger partial charge in [0.15, 0.2) is 0 Å². The second kappa shape index (κ2) is 4.40. The van der Waals surface area contributed by atoms with Gasteiger partial charge in [-0.2, -0.15) is 0 Å². The molecule has 2 aliphatic rings. The Morgan fingerprint density at radius 2 is 1.72 bits per heavy atom. The number of hydrogen-bond acceptors (Lipinski definition) is 4. The Kier molecular flexibility index (Phi) is 3.47. The number of hydrogen-bond donors (Lipinski definition) is 4. The van der Waals surface area contributed by atoms with E-state index in [1.807, 2.05) is 0 Å². The number of amidine groups is 1. The van der Waals surface area contributed by atoms with Gasteiger partial charge in [0.2, 0.25) is 5.02 Å². The summed E-state index contributed by atoms with van der Waals surface area (Å²) < 4.78 is 23.3. The minimum atomic E-state index is -4.99. The molecule has 1 fully saturated rings. The van der Waals surface area contributed by atoms with Crippen LogP contribution in [0.3, 0.4) is 0 Å². The van der Waals surface area contributed by atoms with Gasteiger partial charge in [-0.05, 0) is 19.3 Å². The van der Waals surface area contributed by atoms with Gasteiger partial charge in [0.1, 0.15) is 5.84 Å². The van der Waals surface area contributed by atoms with E-state index >= 15 is 0 Å². The highest BCUT2D eigenvalue weighted by atomic mass is 31.2. The lowest BCUT2D eigenvalue weighted by Crippen LogP contribution is -2.46. The van der Waals surface area contributed by atoms with E-state index in [1.54, 1.807) is 0 Å². The molecule has 2 aliphatic heterocycles. The van der Waals surface area contributed by atoms with E-state index in [-0.39, 0.29) is 13.0 Å². The van der Waals surface area contributed by atoms with E-state index in [9.17, 15) is 28.7 Å². The largest absolute Gasteiger partial charge is 0.363 e. The van der Waals surface area contributed by atoms with Crippen molar-refractivity contribution >= 4 is 21.0 Å². The minimum absolute atomic E-state index is 0.217. The lowest BCUT2D eigenvalue weighted by atomic mass is 10.3. The zero-order valence-corrected chi connectivity index (χ0v) is 11.4. The van der Waals surface area contributed by atoms with Crippen LogP contribution in [0.4, 0.5) is 0 Å². The van der Waals surface area contributed by atoms with Crippen LogP contribution < -0.4 is 0 Å². The number of rotatable bonds is 2. The second-order valence-electron chi connectivity index (χ2n) is 4.52. The summed E-state index contributed by atoms with van der Waals surface area (Å²) in [4.78, 5) is 43.1. The molecule has 18 heavy (non-hydrogen) atoms. The van der Waals surface area contributed by atoms with Crippen molar-refractivity contribution in [3.63, 3.8) is 0 Å². The molecule has 0 bridgehead atoms. The number of nitrogens with zero attached hydrogens (tertiary/aromatic N) is 2. The number of aliphatic imine (C=N–C) groups is 1. The van der Waals surface area contributed by atoms with Crippen LogP contribution in [0.25, 0.3) is 0 Å². The van der Waals surface area contributed by atoms with E-state index in [0.717, 1.165) is 11.3 Å². The second-order valence-corrected chi connectivity index (χ2v) is 8.53. The molecule has 1 saturated heterocycles. The lowest BCUT2D eigenvalue weighted by Gasteiger charge is -2.39. The average molecular weight is 298 g/mol. The van der Waals surface area contributed by atoms with Gasteiger partial charge in [0.25, 0.3) is 0 Å². The summed E-state index contributed by atoms with van der Waals surface area (Å²) in [7, 11) is -9.98. The van der Waals surface area contributed by atoms with Crippen LogP contribution in [0.1, 0.15) is 25.7 Å². The monoisotopic (exact) mass is 298 g/mol. The Labute approximate surface area is 104 Å². The van der Waals surface area contributed by atoms with Crippen LogP contribution in [0.5, 0.6) is 0 Å². The van der Waals surface area contributed by atoms with Gasteiger partial charge < -0.3 is 24.5 Å². The zero-order chi connectivity index (χ0) is 13.6. The highest BCUT2D eigenvalue weighted by Crippen LogP contribution is 2.74. The highest BCUT2D eigenvalue weighted by molar-refractivity contribution is 7.72. The van der Waals surface area contributed by atoms with Gasteiger partial charge in [0.05, 0.1) is 0 Å². The van der Waals surface area contributed by atoms with E-state index in [4.69, 9.17) is 0 Å². The van der Waals surface area contributed by atoms with E-state index in [2.05, 4.69) is 4.99 Å². The van der Waals surface area contributed by atoms with Gasteiger partial charge in [-0.25, -0.2) is 0 Å². The van der Waals surface area contributed by atoms with Crippen LogP contribution >= 0.6 is 15.2 Å². The first kappa shape index (κ1) is 14.2. The molecular weight excluding hydrogens is 282 g/mol. The summed E-state index contributed by atoms with van der Waals surface area (Å²) in [5.74, 6) is 0.402. The van der Waals surface area contributed by atoms with Crippen molar-refractivity contribution in [2.75, 3.05) is 13.1 Å². The van der Waals surface area contributed by atoms with Crippen molar-refractivity contribution < 1.29 is 28.7 Å². The minimum Gasteiger partial charge on any atom is -0.334 e. The predicted octanol–water partition coefficient (Wildman–Crippen LogP) is 0.284. The van der Waals surface area contributed by atoms with Gasteiger partial charge in [-0.15, -0.1) is 0 Å². The Hall–Kier alpha value is -0.230. The Balaban J connectivity index is 2.52. The first-order chi connectivity index (χ1) is 8.20. The molecule has 0 aliphatic carbocycles. The van der Waals surface area contributed by atoms with Crippen molar-refractivity contribution in [2.45, 2.75) is 30.7 Å². The van der Waals surface area contributed by atoms with E-state index in [0.29, 0.717) is 25.2 Å². The molecule has 2 heterocycles. The van der Waals surface area contributed by atoms with Crippen LogP contribution in [-0.4, -0.2) is 48.4 Å². The van der Waals surface area contributed by atoms with Crippen LogP contribution in [0.2, 0.25) is 0 Å². The average Bonchev–Trinajstić information content (AvgIpc) is 2.84. The first-order valence-electron chi connectivity index (χ1n) is 5.62. The molecule has 0 saturated carbocycles. The van der Waals surface area contributed by atoms with Crippen molar-refractivity contribution in [2.24, 2.45) is 4.99 Å². The molecule has 0 radical (unpaired) electrons. The molecule has 0 aromatic rings. The van der Waals surface area contributed by atoms with Crippen molar-refractivity contribution in [3.8, 4) is 0 Å². The summed E-state index contributed by atoms with van der Waals surface area (Å²) >= 11 is 0. The molecule has 8 nitrogen and oxygen atoms in total. The summed E-state index contributed by atoms with van der Waals surface area (Å²) in [6, 6.07) is 0. The number of likely N-dealkylation sites (tertiary alicyclic amines) is 1. The summed E-state index contributed by atoms with van der Waals surface area (Å²) in [5.41, 5.74) is 0. The molecule has 10 heteroatoms. The van der Waals surface area contributed by atoms with Gasteiger partial charge in [-0.1, -0.05) is 0 Å². The Morgan fingerprint density at radius 1 is 1.11 bits per heavy atom. The Bertz CT molecular complexity index is 444. The maximum absolute atomic E-state index is 11.7. The molecule has 0 atom stereocenters. The van der Waals surface area contributed by atoms with Crippen LogP contribution in [0.15, 0.2) is 4.99 Å². The SMILES string of the molecule is O=P(O)(O)C1(P(=O)(O)O)CCCN1C1=NCCC1. The summed E-state index contributed by atoms with van der Waals surface area (Å²) in [6.07, 6.45) is 1.35. The van der Waals surface area contributed by atoms with Crippen molar-refractivity contribution in [1.82, 2.24) is 4.90 Å². The maximum atomic E-state index is 11.7. The van der Waals surface area contributed by atoms with E-state index < -0.39 is 20.2 Å². The smallest absolute Gasteiger partial charge is 0.334 e. The molecule has 104 valence electrons. The fraction of sp³-hybridized carbons (Fsp3) is 0.875. The quantitative estimate of drug-likeness (QED) is 0.539. The van der Waals surface area contributed by atoms with Gasteiger partial charge >= 0.3 is 15.2 Å². The third kappa shape index (κ3) is 1.97. The molecule has 0 aromatic carbocycles. The fourth-order valence-electron chi connectivity index (χ4n) is 2.64. The highest BCUT2D eigenvalue weighted by Gasteiger charge is 2.66. The van der Waals surface area contributed by atoms with Crippen molar-refractivity contribution in [3.05, 3.63) is 0 Å². The molecule has 0 unspecified atom stereocenters. The third-order valence-electron chi connectivity index (χ3n) is 3.42. The van der Waals surface area contributed by atoms with Gasteiger partial charge in [-0.3, -0.25) is 14.1 Å².